The molecule has 5 nitrogen and oxygen atoms in total. The summed E-state index contributed by atoms with van der Waals surface area (Å²) in [7, 11) is 0. The van der Waals surface area contributed by atoms with Crippen LogP contribution in [0.2, 0.25) is 0 Å². The van der Waals surface area contributed by atoms with Gasteiger partial charge >= 0.3 is 12.1 Å². The van der Waals surface area contributed by atoms with Crippen LogP contribution in [0.3, 0.4) is 0 Å². The number of carboxylic acid groups (broad SMARTS) is 1. The number of carbonyl (C=O) groups excluding carboxylic acids is 1. The van der Waals surface area contributed by atoms with E-state index in [4.69, 9.17) is 9.84 Å². The van der Waals surface area contributed by atoms with Crippen molar-refractivity contribution in [1.29, 1.82) is 0 Å². The highest BCUT2D eigenvalue weighted by molar-refractivity contribution is 5.80. The lowest BCUT2D eigenvalue weighted by Gasteiger charge is -2.27. The highest BCUT2D eigenvalue weighted by atomic mass is 16.6. The third-order valence-electron chi connectivity index (χ3n) is 2.39. The van der Waals surface area contributed by atoms with Crippen molar-refractivity contribution in [3.8, 4) is 0 Å². The monoisotopic (exact) mass is 241 g/mol. The Morgan fingerprint density at radius 1 is 1.41 bits per heavy atom. The smallest absolute Gasteiger partial charge is 0.410 e. The van der Waals surface area contributed by atoms with E-state index >= 15 is 0 Å². The van der Waals surface area contributed by atoms with Gasteiger partial charge in [-0.25, -0.2) is 9.59 Å². The van der Waals surface area contributed by atoms with E-state index in [0.717, 1.165) is 18.9 Å². The molecule has 1 fully saturated rings. The van der Waals surface area contributed by atoms with Crippen molar-refractivity contribution < 1.29 is 19.4 Å². The molecule has 0 radical (unpaired) electrons. The molecule has 1 amide bonds. The molecule has 0 unspecified atom stereocenters. The second-order valence-electron chi connectivity index (χ2n) is 5.08. The summed E-state index contributed by atoms with van der Waals surface area (Å²) >= 11 is 0. The van der Waals surface area contributed by atoms with E-state index in [1.54, 1.807) is 11.0 Å². The summed E-state index contributed by atoms with van der Waals surface area (Å²) in [4.78, 5) is 23.9. The Morgan fingerprint density at radius 2 is 2.06 bits per heavy atom. The molecule has 1 aliphatic heterocycles. The predicted octanol–water partition coefficient (Wildman–Crippen LogP) is 2.03. The number of carbonyl (C=O) groups is 2. The maximum Gasteiger partial charge on any atom is 0.410 e. The Labute approximate surface area is 101 Å². The first-order valence-electron chi connectivity index (χ1n) is 5.70. The SMILES string of the molecule is CC(C)(C)OC(=O)N1CCC[C@H]1/C=C/C(=O)O. The highest BCUT2D eigenvalue weighted by Crippen LogP contribution is 2.21. The van der Waals surface area contributed by atoms with E-state index in [1.165, 1.54) is 0 Å². The number of hydrogen-bond acceptors (Lipinski definition) is 3. The number of hydrogen-bond donors (Lipinski definition) is 1. The van der Waals surface area contributed by atoms with Crippen molar-refractivity contribution in [2.24, 2.45) is 0 Å². The van der Waals surface area contributed by atoms with Crippen LogP contribution in [-0.2, 0) is 9.53 Å². The minimum absolute atomic E-state index is 0.166. The lowest BCUT2D eigenvalue weighted by molar-refractivity contribution is -0.131. The van der Waals surface area contributed by atoms with E-state index in [1.807, 2.05) is 20.8 Å². The minimum Gasteiger partial charge on any atom is -0.478 e. The molecule has 0 aliphatic carbocycles. The first-order valence-corrected chi connectivity index (χ1v) is 5.70. The number of aliphatic carboxylic acids is 1. The molecule has 0 aromatic carbocycles. The zero-order chi connectivity index (χ0) is 13.1. The average Bonchev–Trinajstić information content (AvgIpc) is 2.59. The summed E-state index contributed by atoms with van der Waals surface area (Å²) in [5, 5.41) is 8.56. The van der Waals surface area contributed by atoms with Gasteiger partial charge in [0.05, 0.1) is 6.04 Å². The number of ether oxygens (including phenoxy) is 1. The van der Waals surface area contributed by atoms with Crippen LogP contribution < -0.4 is 0 Å². The van der Waals surface area contributed by atoms with E-state index in [2.05, 4.69) is 0 Å². The van der Waals surface area contributed by atoms with Crippen molar-refractivity contribution in [3.63, 3.8) is 0 Å². The fraction of sp³-hybridized carbons (Fsp3) is 0.667. The Morgan fingerprint density at radius 3 is 2.59 bits per heavy atom. The summed E-state index contributed by atoms with van der Waals surface area (Å²) in [5.41, 5.74) is -0.527. The molecule has 1 atom stereocenters. The Balaban J connectivity index is 2.63. The fourth-order valence-electron chi connectivity index (χ4n) is 1.73. The Bertz CT molecular complexity index is 330. The number of likely N-dealkylation sites (tertiary alicyclic amines) is 1. The lowest BCUT2D eigenvalue weighted by atomic mass is 10.2. The molecule has 0 spiro atoms. The second-order valence-corrected chi connectivity index (χ2v) is 5.08. The molecule has 96 valence electrons. The molecule has 1 rings (SSSR count). The Hall–Kier alpha value is -1.52. The average molecular weight is 241 g/mol. The van der Waals surface area contributed by atoms with Crippen LogP contribution >= 0.6 is 0 Å². The van der Waals surface area contributed by atoms with Gasteiger partial charge in [0, 0.05) is 12.6 Å². The molecule has 1 N–H and O–H groups in total. The van der Waals surface area contributed by atoms with E-state index < -0.39 is 11.6 Å². The van der Waals surface area contributed by atoms with Gasteiger partial charge < -0.3 is 14.7 Å². The minimum atomic E-state index is -0.999. The maximum atomic E-state index is 11.8. The molecule has 0 saturated carbocycles. The number of nitrogens with zero attached hydrogens (tertiary/aromatic N) is 1. The third kappa shape index (κ3) is 4.46. The Kier molecular flexibility index (Phi) is 4.15. The van der Waals surface area contributed by atoms with Crippen molar-refractivity contribution in [1.82, 2.24) is 4.90 Å². The molecular weight excluding hydrogens is 222 g/mol. The molecule has 0 bridgehead atoms. The first-order chi connectivity index (χ1) is 7.79. The summed E-state index contributed by atoms with van der Waals surface area (Å²) in [6.45, 7) is 6.04. The van der Waals surface area contributed by atoms with Crippen LogP contribution in [0.1, 0.15) is 33.6 Å². The van der Waals surface area contributed by atoms with Gasteiger partial charge in [-0.3, -0.25) is 0 Å². The fourth-order valence-corrected chi connectivity index (χ4v) is 1.73. The number of amides is 1. The molecule has 1 aliphatic rings. The molecule has 1 heterocycles. The number of carboxylic acids is 1. The van der Waals surface area contributed by atoms with Crippen LogP contribution in [-0.4, -0.2) is 40.3 Å². The second kappa shape index (κ2) is 5.21. The van der Waals surface area contributed by atoms with Gasteiger partial charge in [0.2, 0.25) is 0 Å². The standard InChI is InChI=1S/C12H19NO4/c1-12(2,3)17-11(16)13-8-4-5-9(13)6-7-10(14)15/h6-7,9H,4-5,8H2,1-3H3,(H,14,15)/b7-6+/t9-/m0/s1. The van der Waals surface area contributed by atoms with Gasteiger partial charge in [0.1, 0.15) is 5.60 Å². The summed E-state index contributed by atoms with van der Waals surface area (Å²) in [6.07, 6.45) is 3.89. The molecule has 0 aromatic rings. The van der Waals surface area contributed by atoms with Gasteiger partial charge in [0.15, 0.2) is 0 Å². The van der Waals surface area contributed by atoms with Crippen LogP contribution in [0, 0.1) is 0 Å². The van der Waals surface area contributed by atoms with Gasteiger partial charge in [-0.05, 0) is 33.6 Å². The van der Waals surface area contributed by atoms with Gasteiger partial charge in [-0.15, -0.1) is 0 Å². The van der Waals surface area contributed by atoms with Crippen molar-refractivity contribution in [2.45, 2.75) is 45.3 Å². The quantitative estimate of drug-likeness (QED) is 0.751. The van der Waals surface area contributed by atoms with Gasteiger partial charge in [-0.2, -0.15) is 0 Å². The summed E-state index contributed by atoms with van der Waals surface area (Å²) < 4.78 is 5.26. The van der Waals surface area contributed by atoms with Crippen LogP contribution in [0.4, 0.5) is 4.79 Å². The van der Waals surface area contributed by atoms with Crippen molar-refractivity contribution in [3.05, 3.63) is 12.2 Å². The van der Waals surface area contributed by atoms with Crippen LogP contribution in [0.5, 0.6) is 0 Å². The maximum absolute atomic E-state index is 11.8. The van der Waals surface area contributed by atoms with E-state index in [9.17, 15) is 9.59 Å². The molecule has 1 saturated heterocycles. The van der Waals surface area contributed by atoms with Gasteiger partial charge in [-0.1, -0.05) is 6.08 Å². The molecule has 17 heavy (non-hydrogen) atoms. The van der Waals surface area contributed by atoms with Crippen LogP contribution in [0.15, 0.2) is 12.2 Å². The molecular formula is C12H19NO4. The zero-order valence-corrected chi connectivity index (χ0v) is 10.5. The van der Waals surface area contributed by atoms with Gasteiger partial charge in [0.25, 0.3) is 0 Å². The van der Waals surface area contributed by atoms with E-state index in [0.29, 0.717) is 6.54 Å². The topological polar surface area (TPSA) is 66.8 Å². The normalized spacial score (nSPS) is 20.9. The van der Waals surface area contributed by atoms with Crippen molar-refractivity contribution in [2.75, 3.05) is 6.54 Å². The third-order valence-corrected chi connectivity index (χ3v) is 2.39. The molecule has 0 aromatic heterocycles. The predicted molar refractivity (Wildman–Crippen MR) is 62.7 cm³/mol. The summed E-state index contributed by atoms with van der Waals surface area (Å²) in [5.74, 6) is -0.999. The highest BCUT2D eigenvalue weighted by Gasteiger charge is 2.30. The largest absolute Gasteiger partial charge is 0.478 e. The zero-order valence-electron chi connectivity index (χ0n) is 10.5. The van der Waals surface area contributed by atoms with Crippen LogP contribution in [0.25, 0.3) is 0 Å². The van der Waals surface area contributed by atoms with E-state index in [-0.39, 0.29) is 12.1 Å². The molecule has 5 heteroatoms. The lowest BCUT2D eigenvalue weighted by Crippen LogP contribution is -2.39. The number of rotatable bonds is 2. The van der Waals surface area contributed by atoms with Crippen molar-refractivity contribution >= 4 is 12.1 Å². The summed E-state index contributed by atoms with van der Waals surface area (Å²) in [6, 6.07) is -0.166. The first kappa shape index (κ1) is 13.5.